The van der Waals surface area contributed by atoms with E-state index < -0.39 is 11.6 Å². The van der Waals surface area contributed by atoms with E-state index in [1.54, 1.807) is 30.7 Å². The summed E-state index contributed by atoms with van der Waals surface area (Å²) < 4.78 is 12.7. The topological polar surface area (TPSA) is 111 Å². The van der Waals surface area contributed by atoms with Gasteiger partial charge in [0.25, 0.3) is 0 Å². The number of aromatic nitrogens is 4. The first-order valence-electron chi connectivity index (χ1n) is 14.3. The molecule has 9 nitrogen and oxygen atoms in total. The van der Waals surface area contributed by atoms with Crippen molar-refractivity contribution in [2.24, 2.45) is 0 Å². The van der Waals surface area contributed by atoms with E-state index in [9.17, 15) is 9.90 Å². The molecule has 1 N–H and O–H groups in total. The summed E-state index contributed by atoms with van der Waals surface area (Å²) in [6.45, 7) is 10.7. The van der Waals surface area contributed by atoms with Crippen LogP contribution >= 0.6 is 22.9 Å². The molecule has 0 atom stereocenters. The molecule has 3 aromatic heterocycles. The quantitative estimate of drug-likeness (QED) is 0.202. The highest BCUT2D eigenvalue weighted by Gasteiger charge is 2.24. The molecule has 6 rings (SSSR count). The summed E-state index contributed by atoms with van der Waals surface area (Å²) in [7, 11) is 0. The molecule has 226 valence electrons. The molecule has 0 spiro atoms. The minimum absolute atomic E-state index is 0.137. The number of thiazole rings is 1. The van der Waals surface area contributed by atoms with Gasteiger partial charge in [-0.3, -0.25) is 9.78 Å². The van der Waals surface area contributed by atoms with Gasteiger partial charge >= 0.3 is 5.97 Å². The number of halogens is 1. The van der Waals surface area contributed by atoms with Gasteiger partial charge in [0.05, 0.1) is 35.5 Å². The average molecular weight is 630 g/mol. The molecule has 0 bridgehead atoms. The fourth-order valence-electron chi connectivity index (χ4n) is 5.24. The maximum atomic E-state index is 12.0. The molecular weight excluding hydrogens is 598 g/mol. The number of hydrogen-bond acceptors (Lipinski definition) is 9. The predicted molar refractivity (Wildman–Crippen MR) is 174 cm³/mol. The van der Waals surface area contributed by atoms with Crippen molar-refractivity contribution in [2.45, 2.75) is 39.7 Å². The molecule has 44 heavy (non-hydrogen) atoms. The molecule has 4 heterocycles. The SMILES string of the molecule is Cc1cc2nc(-c3ccnc(-c4cnc(N5CCOCC5)nc4)c3)sc2c(-c2ccc(Cl)cc2OC(C)(C)C)c1CC(=O)O. The number of rotatable bonds is 7. The number of aliphatic carboxylic acids is 1. The van der Waals surface area contributed by atoms with Crippen molar-refractivity contribution in [2.75, 3.05) is 31.2 Å². The number of carboxylic acid groups (broad SMARTS) is 1. The molecule has 0 saturated carbocycles. The third-order valence-electron chi connectivity index (χ3n) is 7.20. The fraction of sp³-hybridized carbons (Fsp3) is 0.303. The van der Waals surface area contributed by atoms with Crippen LogP contribution in [0.25, 0.3) is 43.2 Å². The Bertz CT molecular complexity index is 1850. The largest absolute Gasteiger partial charge is 0.487 e. The van der Waals surface area contributed by atoms with E-state index in [-0.39, 0.29) is 6.42 Å². The molecule has 1 saturated heterocycles. The summed E-state index contributed by atoms with van der Waals surface area (Å²) in [6, 6.07) is 11.3. The Labute approximate surface area is 264 Å². The second kappa shape index (κ2) is 12.1. The Morgan fingerprint density at radius 2 is 1.82 bits per heavy atom. The van der Waals surface area contributed by atoms with Crippen molar-refractivity contribution >= 4 is 45.1 Å². The predicted octanol–water partition coefficient (Wildman–Crippen LogP) is 7.09. The van der Waals surface area contributed by atoms with E-state index in [2.05, 4.69) is 19.9 Å². The molecule has 0 aliphatic carbocycles. The standard InChI is InChI=1S/C33H32ClN5O4S/c1-19-13-26-30(29(24(19)16-28(40)41)23-6-5-22(34)15-27(23)43-33(2,3)4)44-31(38-26)20-7-8-35-25(14-20)21-17-36-32(37-18-21)39-9-11-42-12-10-39/h5-8,13-15,17-18H,9-12,16H2,1-4H3,(H,40,41). The van der Waals surface area contributed by atoms with Gasteiger partial charge in [0.1, 0.15) is 16.4 Å². The first kappa shape index (κ1) is 29.9. The highest BCUT2D eigenvalue weighted by Crippen LogP contribution is 2.45. The lowest BCUT2D eigenvalue weighted by Crippen LogP contribution is -2.37. The van der Waals surface area contributed by atoms with Crippen molar-refractivity contribution in [1.29, 1.82) is 0 Å². The summed E-state index contributed by atoms with van der Waals surface area (Å²) in [5.74, 6) is 0.355. The number of hydrogen-bond donors (Lipinski definition) is 1. The number of ether oxygens (including phenoxy) is 2. The van der Waals surface area contributed by atoms with Crippen LogP contribution in [-0.4, -0.2) is 62.9 Å². The molecule has 1 fully saturated rings. The molecule has 5 aromatic rings. The Morgan fingerprint density at radius 1 is 1.07 bits per heavy atom. The monoisotopic (exact) mass is 629 g/mol. The Kier molecular flexibility index (Phi) is 8.24. The van der Waals surface area contributed by atoms with Crippen LogP contribution in [-0.2, 0) is 16.0 Å². The highest BCUT2D eigenvalue weighted by molar-refractivity contribution is 7.22. The van der Waals surface area contributed by atoms with Crippen LogP contribution in [0.5, 0.6) is 5.75 Å². The maximum Gasteiger partial charge on any atom is 0.307 e. The van der Waals surface area contributed by atoms with Crippen LogP contribution < -0.4 is 9.64 Å². The first-order chi connectivity index (χ1) is 21.1. The summed E-state index contributed by atoms with van der Waals surface area (Å²) >= 11 is 7.91. The van der Waals surface area contributed by atoms with Crippen LogP contribution in [0.3, 0.4) is 0 Å². The molecule has 11 heteroatoms. The Morgan fingerprint density at radius 3 is 2.52 bits per heavy atom. The zero-order valence-corrected chi connectivity index (χ0v) is 26.5. The summed E-state index contributed by atoms with van der Waals surface area (Å²) in [5, 5.41) is 11.2. The number of pyridine rings is 1. The number of anilines is 1. The van der Waals surface area contributed by atoms with E-state index in [4.69, 9.17) is 26.1 Å². The molecule has 0 unspecified atom stereocenters. The van der Waals surface area contributed by atoms with Gasteiger partial charge in [-0.05, 0) is 75.2 Å². The van der Waals surface area contributed by atoms with Gasteiger partial charge in [-0.1, -0.05) is 11.6 Å². The fourth-order valence-corrected chi connectivity index (χ4v) is 6.53. The number of morpholine rings is 1. The van der Waals surface area contributed by atoms with Crippen LogP contribution in [0.2, 0.25) is 5.02 Å². The van der Waals surface area contributed by atoms with Gasteiger partial charge in [0.2, 0.25) is 5.95 Å². The second-order valence-corrected chi connectivity index (χ2v) is 13.1. The summed E-state index contributed by atoms with van der Waals surface area (Å²) in [4.78, 5) is 32.9. The minimum Gasteiger partial charge on any atom is -0.487 e. The third-order valence-corrected chi connectivity index (χ3v) is 8.58. The van der Waals surface area contributed by atoms with Crippen LogP contribution in [0, 0.1) is 6.92 Å². The van der Waals surface area contributed by atoms with Crippen molar-refractivity contribution in [3.05, 3.63) is 71.1 Å². The smallest absolute Gasteiger partial charge is 0.307 e. The van der Waals surface area contributed by atoms with E-state index >= 15 is 0 Å². The number of fused-ring (bicyclic) bond motifs is 1. The van der Waals surface area contributed by atoms with Crippen molar-refractivity contribution in [1.82, 2.24) is 19.9 Å². The molecule has 1 aliphatic rings. The van der Waals surface area contributed by atoms with Gasteiger partial charge in [-0.2, -0.15) is 0 Å². The summed E-state index contributed by atoms with van der Waals surface area (Å²) in [5.41, 5.74) is 5.84. The van der Waals surface area contributed by atoms with Crippen molar-refractivity contribution in [3.8, 4) is 38.7 Å². The number of benzene rings is 2. The van der Waals surface area contributed by atoms with E-state index in [1.165, 1.54) is 11.3 Å². The van der Waals surface area contributed by atoms with Gasteiger partial charge < -0.3 is 19.5 Å². The second-order valence-electron chi connectivity index (χ2n) is 11.6. The molecule has 0 amide bonds. The lowest BCUT2D eigenvalue weighted by atomic mass is 9.92. The first-order valence-corrected chi connectivity index (χ1v) is 15.5. The highest BCUT2D eigenvalue weighted by atomic mass is 35.5. The molecule has 1 aliphatic heterocycles. The van der Waals surface area contributed by atoms with Gasteiger partial charge in [0.15, 0.2) is 0 Å². The lowest BCUT2D eigenvalue weighted by molar-refractivity contribution is -0.136. The van der Waals surface area contributed by atoms with E-state index in [1.807, 2.05) is 52.0 Å². The number of carbonyl (C=O) groups is 1. The summed E-state index contributed by atoms with van der Waals surface area (Å²) in [6.07, 6.45) is 5.20. The molecule has 0 radical (unpaired) electrons. The average Bonchev–Trinajstić information content (AvgIpc) is 3.41. The number of carboxylic acids is 1. The minimum atomic E-state index is -0.911. The van der Waals surface area contributed by atoms with Gasteiger partial charge in [-0.15, -0.1) is 11.3 Å². The Hall–Kier alpha value is -4.12. The number of nitrogens with zero attached hydrogens (tertiary/aromatic N) is 5. The van der Waals surface area contributed by atoms with Gasteiger partial charge in [-0.25, -0.2) is 15.0 Å². The lowest BCUT2D eigenvalue weighted by Gasteiger charge is -2.26. The molecule has 2 aromatic carbocycles. The van der Waals surface area contributed by atoms with Crippen molar-refractivity contribution in [3.63, 3.8) is 0 Å². The van der Waals surface area contributed by atoms with Crippen LogP contribution in [0.1, 0.15) is 31.9 Å². The van der Waals surface area contributed by atoms with E-state index in [0.29, 0.717) is 35.5 Å². The zero-order chi connectivity index (χ0) is 31.0. The number of aryl methyl sites for hydroxylation is 1. The van der Waals surface area contributed by atoms with E-state index in [0.717, 1.165) is 61.8 Å². The Balaban J connectivity index is 1.44. The zero-order valence-electron chi connectivity index (χ0n) is 24.9. The van der Waals surface area contributed by atoms with Crippen LogP contribution in [0.15, 0.2) is 55.0 Å². The maximum absolute atomic E-state index is 12.0. The van der Waals surface area contributed by atoms with Gasteiger partial charge in [0, 0.05) is 59.0 Å². The van der Waals surface area contributed by atoms with Crippen LogP contribution in [0.4, 0.5) is 5.95 Å². The molecular formula is C33H32ClN5O4S. The normalized spacial score (nSPS) is 13.8. The van der Waals surface area contributed by atoms with Crippen molar-refractivity contribution < 1.29 is 19.4 Å². The third kappa shape index (κ3) is 6.38.